The van der Waals surface area contributed by atoms with Crippen LogP contribution in [0.15, 0.2) is 170 Å². The number of hydrogen-bond acceptors (Lipinski definition) is 4. The summed E-state index contributed by atoms with van der Waals surface area (Å²) in [6.45, 7) is 4.49. The molecule has 8 nitrogen and oxygen atoms in total. The SMILES string of the molecule is CCCCc1c2nc(c(-c3ccccc3)c3ccc([nH]3)c(-c3c4nc(c(-c5ccccc5)c5ccc([nH]5)c(CCCC)c5nc(c(-c6ccccc6)c6ccc3[nH]6)C=C5)C=C4)c3nc(c(-c4ccccc4)c4ccc1[nH]4)C=C3)C=C2. The van der Waals surface area contributed by atoms with Crippen molar-refractivity contribution in [3.05, 3.63) is 227 Å². The molecular weight excluding hydrogens is 977 g/mol. The summed E-state index contributed by atoms with van der Waals surface area (Å²) in [6.07, 6.45) is 23.4. The fraction of sp³-hybridized carbons (Fsp3) is 0.111. The standard InChI is InChI=1S/C72H58N8/c1-3-5-27-49-51-29-33-55(73-51)67(45-19-11-7-12-20-45)59-37-41-63(77-59)71(64-42-38-60(78-64)68(46-21-13-8-14-22-46)56-34-30-52(49)74-56)72-65-43-39-61(79-65)69(47-23-15-9-16-24-47)57-35-31-53(75-57)50(28-6-4-2)54-32-36-58(76-54)70(48-25-17-10-18-26-48)62-40-44-66(72)80-62/h7-26,29-44,73,75,78,80H,3-6,27-28H2,1-2H3. The topological polar surface area (TPSA) is 115 Å². The van der Waals surface area contributed by atoms with Crippen LogP contribution in [0.2, 0.25) is 0 Å². The van der Waals surface area contributed by atoms with Crippen molar-refractivity contribution >= 4 is 92.7 Å². The Labute approximate surface area is 464 Å². The van der Waals surface area contributed by atoms with Crippen molar-refractivity contribution < 1.29 is 0 Å². The average molecular weight is 1040 g/mol. The third-order valence-electron chi connectivity index (χ3n) is 15.8. The van der Waals surface area contributed by atoms with E-state index in [4.69, 9.17) is 19.9 Å². The fourth-order valence-electron chi connectivity index (χ4n) is 11.9. The molecule has 14 rings (SSSR count). The molecule has 0 saturated carbocycles. The summed E-state index contributed by atoms with van der Waals surface area (Å²) in [7, 11) is 0. The lowest BCUT2D eigenvalue weighted by molar-refractivity contribution is 0.795. The van der Waals surface area contributed by atoms with Crippen molar-refractivity contribution in [2.75, 3.05) is 0 Å². The Bertz CT molecular complexity index is 4160. The van der Waals surface area contributed by atoms with Crippen LogP contribution in [-0.4, -0.2) is 39.9 Å². The summed E-state index contributed by atoms with van der Waals surface area (Å²) in [5, 5.41) is 0. The Balaban J connectivity index is 1.17. The minimum atomic E-state index is 0.794. The Kier molecular flexibility index (Phi) is 12.6. The van der Waals surface area contributed by atoms with E-state index in [0.717, 1.165) is 184 Å². The van der Waals surface area contributed by atoms with Crippen LogP contribution in [0.3, 0.4) is 0 Å². The summed E-state index contributed by atoms with van der Waals surface area (Å²) >= 11 is 0. The van der Waals surface area contributed by atoms with Gasteiger partial charge in [-0.15, -0.1) is 0 Å². The van der Waals surface area contributed by atoms with Gasteiger partial charge in [0.1, 0.15) is 0 Å². The minimum Gasteiger partial charge on any atom is -0.355 e. The van der Waals surface area contributed by atoms with Crippen LogP contribution in [0.25, 0.3) is 148 Å². The van der Waals surface area contributed by atoms with Crippen LogP contribution in [0.4, 0.5) is 0 Å². The maximum atomic E-state index is 5.75. The van der Waals surface area contributed by atoms with Gasteiger partial charge >= 0.3 is 0 Å². The predicted octanol–water partition coefficient (Wildman–Crippen LogP) is 18.6. The number of unbranched alkanes of at least 4 members (excludes halogenated alkanes) is 2. The first-order valence-corrected chi connectivity index (χ1v) is 28.1. The van der Waals surface area contributed by atoms with Crippen molar-refractivity contribution in [3.8, 4) is 55.6 Å². The molecule has 0 amide bonds. The van der Waals surface area contributed by atoms with E-state index in [-0.39, 0.29) is 0 Å². The molecule has 0 radical (unpaired) electrons. The maximum absolute atomic E-state index is 5.75. The number of aromatic amines is 4. The second-order valence-corrected chi connectivity index (χ2v) is 20.9. The molecule has 4 aliphatic heterocycles. The van der Waals surface area contributed by atoms with Crippen LogP contribution in [0, 0.1) is 0 Å². The third-order valence-corrected chi connectivity index (χ3v) is 15.8. The average Bonchev–Trinajstić information content (AvgIpc) is 4.47. The van der Waals surface area contributed by atoms with E-state index in [2.05, 4.69) is 252 Å². The molecule has 16 bridgehead atoms. The van der Waals surface area contributed by atoms with Gasteiger partial charge in [-0.2, -0.15) is 0 Å². The van der Waals surface area contributed by atoms with Gasteiger partial charge in [0.15, 0.2) is 0 Å². The number of aryl methyl sites for hydroxylation is 2. The molecule has 0 spiro atoms. The van der Waals surface area contributed by atoms with E-state index in [1.807, 2.05) is 0 Å². The molecule has 8 heteroatoms. The summed E-state index contributed by atoms with van der Waals surface area (Å²) in [4.78, 5) is 38.4. The third kappa shape index (κ3) is 8.85. The molecule has 80 heavy (non-hydrogen) atoms. The molecule has 10 aromatic rings. The van der Waals surface area contributed by atoms with Gasteiger partial charge in [-0.3, -0.25) is 0 Å². The number of benzene rings is 4. The maximum Gasteiger partial charge on any atom is 0.0738 e. The lowest BCUT2D eigenvalue weighted by atomic mass is 10.0. The van der Waals surface area contributed by atoms with E-state index in [0.29, 0.717) is 0 Å². The zero-order valence-electron chi connectivity index (χ0n) is 44.8. The Morgan fingerprint density at radius 1 is 0.250 bits per heavy atom. The van der Waals surface area contributed by atoms with Gasteiger partial charge in [0.25, 0.3) is 0 Å². The van der Waals surface area contributed by atoms with Crippen molar-refractivity contribution in [1.29, 1.82) is 0 Å². The normalized spacial score (nSPS) is 12.5. The second kappa shape index (κ2) is 20.8. The molecule has 0 fully saturated rings. The molecule has 386 valence electrons. The van der Waals surface area contributed by atoms with E-state index < -0.39 is 0 Å². The van der Waals surface area contributed by atoms with E-state index >= 15 is 0 Å². The van der Waals surface area contributed by atoms with Crippen LogP contribution in [0.5, 0.6) is 0 Å². The first kappa shape index (κ1) is 48.5. The highest BCUT2D eigenvalue weighted by Gasteiger charge is 2.24. The summed E-state index contributed by atoms with van der Waals surface area (Å²) < 4.78 is 0. The molecule has 0 unspecified atom stereocenters. The highest BCUT2D eigenvalue weighted by atomic mass is 14.8. The van der Waals surface area contributed by atoms with E-state index in [1.54, 1.807) is 0 Å². The fourth-order valence-corrected chi connectivity index (χ4v) is 11.9. The van der Waals surface area contributed by atoms with E-state index in [9.17, 15) is 0 Å². The summed E-state index contributed by atoms with van der Waals surface area (Å²) in [5.74, 6) is 0. The first-order chi connectivity index (χ1) is 39.6. The van der Waals surface area contributed by atoms with Crippen molar-refractivity contribution in [2.24, 2.45) is 0 Å². The summed E-state index contributed by atoms with van der Waals surface area (Å²) in [6, 6.07) is 60.1. The van der Waals surface area contributed by atoms with Gasteiger partial charge in [0.2, 0.25) is 0 Å². The molecule has 0 saturated heterocycles. The van der Waals surface area contributed by atoms with Crippen LogP contribution >= 0.6 is 0 Å². The number of aromatic nitrogens is 8. The minimum absolute atomic E-state index is 0.794. The van der Waals surface area contributed by atoms with Gasteiger partial charge in [-0.25, -0.2) is 19.9 Å². The van der Waals surface area contributed by atoms with E-state index in [1.165, 1.54) is 11.1 Å². The molecule has 4 aromatic carbocycles. The molecule has 6 aromatic heterocycles. The summed E-state index contributed by atoms with van der Waals surface area (Å²) in [5.41, 5.74) is 27.2. The largest absolute Gasteiger partial charge is 0.355 e. The number of fused-ring (bicyclic) bond motifs is 16. The molecule has 0 aliphatic carbocycles. The molecular formula is C72H58N8. The lowest BCUT2D eigenvalue weighted by Crippen LogP contribution is -1.93. The first-order valence-electron chi connectivity index (χ1n) is 28.1. The van der Waals surface area contributed by atoms with Crippen LogP contribution in [-0.2, 0) is 12.8 Å². The van der Waals surface area contributed by atoms with Gasteiger partial charge < -0.3 is 19.9 Å². The Morgan fingerprint density at radius 2 is 0.475 bits per heavy atom. The molecule has 10 heterocycles. The van der Waals surface area contributed by atoms with Crippen molar-refractivity contribution in [3.63, 3.8) is 0 Å². The lowest BCUT2D eigenvalue weighted by Gasteiger charge is -2.08. The Hall–Kier alpha value is -9.92. The number of hydrogen-bond donors (Lipinski definition) is 4. The smallest absolute Gasteiger partial charge is 0.0738 e. The van der Waals surface area contributed by atoms with Crippen LogP contribution < -0.4 is 0 Å². The molecule has 4 aliphatic rings. The quantitative estimate of drug-likeness (QED) is 0.103. The van der Waals surface area contributed by atoms with Crippen molar-refractivity contribution in [1.82, 2.24) is 39.9 Å². The zero-order chi connectivity index (χ0) is 53.5. The van der Waals surface area contributed by atoms with Crippen molar-refractivity contribution in [2.45, 2.75) is 52.4 Å². The molecule has 0 atom stereocenters. The zero-order valence-corrected chi connectivity index (χ0v) is 44.8. The second-order valence-electron chi connectivity index (χ2n) is 20.9. The van der Waals surface area contributed by atoms with Gasteiger partial charge in [-0.05, 0) is 145 Å². The highest BCUT2D eigenvalue weighted by molar-refractivity contribution is 6.05. The number of rotatable bonds is 11. The van der Waals surface area contributed by atoms with Crippen LogP contribution in [0.1, 0.15) is 96.2 Å². The van der Waals surface area contributed by atoms with Gasteiger partial charge in [-0.1, -0.05) is 148 Å². The number of H-pyrrole nitrogens is 4. The number of nitrogens with one attached hydrogen (secondary N) is 4. The number of nitrogens with zero attached hydrogens (tertiary/aromatic N) is 4. The Morgan fingerprint density at radius 3 is 0.762 bits per heavy atom. The monoisotopic (exact) mass is 1030 g/mol. The predicted molar refractivity (Wildman–Crippen MR) is 336 cm³/mol. The van der Waals surface area contributed by atoms with Gasteiger partial charge in [0.05, 0.1) is 45.6 Å². The highest BCUT2D eigenvalue weighted by Crippen LogP contribution is 2.42. The van der Waals surface area contributed by atoms with Gasteiger partial charge in [0, 0.05) is 88.6 Å². The molecule has 4 N–H and O–H groups in total.